The van der Waals surface area contributed by atoms with Gasteiger partial charge in [0.1, 0.15) is 6.54 Å². The first kappa shape index (κ1) is 17.6. The van der Waals surface area contributed by atoms with Crippen LogP contribution in [-0.4, -0.2) is 27.4 Å². The summed E-state index contributed by atoms with van der Waals surface area (Å²) >= 11 is 7.22. The number of thiocarbonyl (C=S) groups is 1. The molecule has 1 aliphatic heterocycles. The van der Waals surface area contributed by atoms with Crippen LogP contribution in [0.5, 0.6) is 0 Å². The highest BCUT2D eigenvalue weighted by molar-refractivity contribution is 7.80. The van der Waals surface area contributed by atoms with Crippen LogP contribution in [0.15, 0.2) is 72.2 Å². The summed E-state index contributed by atoms with van der Waals surface area (Å²) in [7, 11) is 0. The van der Waals surface area contributed by atoms with Crippen molar-refractivity contribution in [2.45, 2.75) is 12.1 Å². The van der Waals surface area contributed by atoms with Gasteiger partial charge in [-0.1, -0.05) is 30.3 Å². The van der Waals surface area contributed by atoms with Gasteiger partial charge in [0.25, 0.3) is 0 Å². The first-order valence-electron chi connectivity index (χ1n) is 8.59. The summed E-state index contributed by atoms with van der Waals surface area (Å²) in [4.78, 5) is 20.2. The highest BCUT2D eigenvalue weighted by atomic mass is 32.1. The monoisotopic (exact) mass is 394 g/mol. The number of hydrogen-bond donors (Lipinski definition) is 2. The number of pyridine rings is 1. The maximum atomic E-state index is 12.6. The van der Waals surface area contributed by atoms with Crippen LogP contribution in [0, 0.1) is 0 Å². The van der Waals surface area contributed by atoms with Gasteiger partial charge >= 0.3 is 0 Å². The number of thiophene rings is 1. The van der Waals surface area contributed by atoms with Gasteiger partial charge in [-0.3, -0.25) is 9.78 Å². The second-order valence-electron chi connectivity index (χ2n) is 6.18. The summed E-state index contributed by atoms with van der Waals surface area (Å²) in [5, 5.41) is 8.88. The highest BCUT2D eigenvalue weighted by Gasteiger charge is 2.41. The molecule has 3 aromatic rings. The number of nitrogens with one attached hydrogen (secondary N) is 2. The fraction of sp³-hybridized carbons (Fsp3) is 0.150. The number of rotatable bonds is 5. The van der Waals surface area contributed by atoms with E-state index in [1.807, 2.05) is 64.9 Å². The topological polar surface area (TPSA) is 57.3 Å². The molecule has 0 spiro atoms. The summed E-state index contributed by atoms with van der Waals surface area (Å²) in [6, 6.07) is 19.2. The lowest BCUT2D eigenvalue weighted by Gasteiger charge is -2.26. The van der Waals surface area contributed by atoms with Crippen LogP contribution in [0.1, 0.15) is 22.7 Å². The second-order valence-corrected chi connectivity index (χ2v) is 7.55. The predicted octanol–water partition coefficient (Wildman–Crippen LogP) is 3.75. The van der Waals surface area contributed by atoms with E-state index in [0.717, 1.165) is 16.3 Å². The molecule has 1 aromatic carbocycles. The van der Waals surface area contributed by atoms with Gasteiger partial charge in [0.05, 0.1) is 17.8 Å². The lowest BCUT2D eigenvalue weighted by atomic mass is 10.0. The summed E-state index contributed by atoms with van der Waals surface area (Å²) in [6.07, 6.45) is 1.77. The van der Waals surface area contributed by atoms with Crippen molar-refractivity contribution < 1.29 is 4.79 Å². The van der Waals surface area contributed by atoms with Crippen molar-refractivity contribution >= 4 is 40.3 Å². The number of amides is 1. The SMILES string of the molecule is O=C(CN1C(=S)N[C@@H](c2ccccn2)[C@@H]1c1cccs1)Nc1ccccc1. The van der Waals surface area contributed by atoms with E-state index in [4.69, 9.17) is 12.2 Å². The number of para-hydroxylation sites is 1. The Morgan fingerprint density at radius 1 is 1.15 bits per heavy atom. The van der Waals surface area contributed by atoms with Gasteiger partial charge in [-0.25, -0.2) is 0 Å². The predicted molar refractivity (Wildman–Crippen MR) is 112 cm³/mol. The molecule has 1 amide bonds. The van der Waals surface area contributed by atoms with Crippen LogP contribution < -0.4 is 10.6 Å². The molecule has 7 heteroatoms. The maximum absolute atomic E-state index is 12.6. The molecular formula is C20H18N4OS2. The minimum atomic E-state index is -0.103. The normalized spacial score (nSPS) is 19.0. The molecule has 2 atom stereocenters. The second kappa shape index (κ2) is 7.85. The molecule has 0 saturated carbocycles. The van der Waals surface area contributed by atoms with E-state index in [0.29, 0.717) is 5.11 Å². The van der Waals surface area contributed by atoms with Gasteiger partial charge in [-0.05, 0) is 47.9 Å². The number of carbonyl (C=O) groups is 1. The molecule has 2 N–H and O–H groups in total. The smallest absolute Gasteiger partial charge is 0.244 e. The number of nitrogens with zero attached hydrogens (tertiary/aromatic N) is 2. The third kappa shape index (κ3) is 3.84. The maximum Gasteiger partial charge on any atom is 0.244 e. The van der Waals surface area contributed by atoms with Gasteiger partial charge in [0.2, 0.25) is 5.91 Å². The number of benzene rings is 1. The Morgan fingerprint density at radius 3 is 2.67 bits per heavy atom. The zero-order valence-corrected chi connectivity index (χ0v) is 16.0. The van der Waals surface area contributed by atoms with Crippen molar-refractivity contribution in [2.75, 3.05) is 11.9 Å². The van der Waals surface area contributed by atoms with E-state index in [2.05, 4.69) is 21.7 Å². The Labute approximate surface area is 167 Å². The highest BCUT2D eigenvalue weighted by Crippen LogP contribution is 2.40. The lowest BCUT2D eigenvalue weighted by Crippen LogP contribution is -2.36. The van der Waals surface area contributed by atoms with E-state index in [1.165, 1.54) is 0 Å². The van der Waals surface area contributed by atoms with Crippen LogP contribution in [0.3, 0.4) is 0 Å². The zero-order chi connectivity index (χ0) is 18.6. The minimum absolute atomic E-state index is 0.0751. The molecule has 3 heterocycles. The summed E-state index contributed by atoms with van der Waals surface area (Å²) in [5.41, 5.74) is 1.68. The van der Waals surface area contributed by atoms with Crippen LogP contribution in [-0.2, 0) is 4.79 Å². The number of carbonyl (C=O) groups excluding carboxylic acids is 1. The molecule has 1 aliphatic rings. The third-order valence-corrected chi connectivity index (χ3v) is 5.70. The van der Waals surface area contributed by atoms with Crippen LogP contribution in [0.4, 0.5) is 5.69 Å². The molecule has 1 fully saturated rings. The first-order valence-corrected chi connectivity index (χ1v) is 9.87. The minimum Gasteiger partial charge on any atom is -0.352 e. The van der Waals surface area contributed by atoms with Crippen molar-refractivity contribution in [1.29, 1.82) is 0 Å². The van der Waals surface area contributed by atoms with Crippen molar-refractivity contribution in [3.63, 3.8) is 0 Å². The fourth-order valence-corrected chi connectivity index (χ4v) is 4.40. The van der Waals surface area contributed by atoms with E-state index in [9.17, 15) is 4.79 Å². The first-order chi connectivity index (χ1) is 13.2. The molecule has 0 bridgehead atoms. The van der Waals surface area contributed by atoms with Gasteiger partial charge < -0.3 is 15.5 Å². The molecule has 136 valence electrons. The van der Waals surface area contributed by atoms with Crippen molar-refractivity contribution in [3.8, 4) is 0 Å². The van der Waals surface area contributed by atoms with Gasteiger partial charge in [-0.2, -0.15) is 0 Å². The van der Waals surface area contributed by atoms with Crippen molar-refractivity contribution in [1.82, 2.24) is 15.2 Å². The van der Waals surface area contributed by atoms with E-state index < -0.39 is 0 Å². The standard InChI is InChI=1S/C20H18N4OS2/c25-17(22-14-7-2-1-3-8-14)13-24-19(16-10-6-12-27-16)18(23-20(24)26)15-9-4-5-11-21-15/h1-12,18-19H,13H2,(H,22,25)(H,23,26)/t18-,19-/m0/s1. The zero-order valence-electron chi connectivity index (χ0n) is 14.4. The van der Waals surface area contributed by atoms with Crippen LogP contribution in [0.2, 0.25) is 0 Å². The Balaban J connectivity index is 1.58. The molecule has 5 nitrogen and oxygen atoms in total. The third-order valence-electron chi connectivity index (χ3n) is 4.40. The van der Waals surface area contributed by atoms with Crippen LogP contribution >= 0.6 is 23.6 Å². The molecule has 0 radical (unpaired) electrons. The molecule has 0 unspecified atom stereocenters. The molecule has 2 aromatic heterocycles. The average Bonchev–Trinajstić information content (AvgIpc) is 3.32. The van der Waals surface area contributed by atoms with Gasteiger partial charge in [0, 0.05) is 16.8 Å². The Morgan fingerprint density at radius 2 is 1.96 bits per heavy atom. The fourth-order valence-electron chi connectivity index (χ4n) is 3.22. The lowest BCUT2D eigenvalue weighted by molar-refractivity contribution is -0.116. The van der Waals surface area contributed by atoms with Gasteiger partial charge in [0.15, 0.2) is 5.11 Å². The average molecular weight is 395 g/mol. The summed E-state index contributed by atoms with van der Waals surface area (Å²) in [5.74, 6) is -0.103. The number of hydrogen-bond acceptors (Lipinski definition) is 4. The van der Waals surface area contributed by atoms with Gasteiger partial charge in [-0.15, -0.1) is 11.3 Å². The summed E-state index contributed by atoms with van der Waals surface area (Å²) < 4.78 is 0. The van der Waals surface area contributed by atoms with E-state index in [1.54, 1.807) is 17.5 Å². The Hall–Kier alpha value is -2.77. The summed E-state index contributed by atoms with van der Waals surface area (Å²) in [6.45, 7) is 0.173. The number of anilines is 1. The largest absolute Gasteiger partial charge is 0.352 e. The van der Waals surface area contributed by atoms with Crippen LogP contribution in [0.25, 0.3) is 0 Å². The van der Waals surface area contributed by atoms with E-state index >= 15 is 0 Å². The molecule has 0 aliphatic carbocycles. The van der Waals surface area contributed by atoms with E-state index in [-0.39, 0.29) is 24.5 Å². The molecule has 1 saturated heterocycles. The Kier molecular flexibility index (Phi) is 5.13. The molecule has 27 heavy (non-hydrogen) atoms. The Bertz CT molecular complexity index is 916. The quantitative estimate of drug-likeness (QED) is 0.646. The molecule has 4 rings (SSSR count). The molecular weight excluding hydrogens is 376 g/mol. The van der Waals surface area contributed by atoms with Crippen molar-refractivity contribution in [2.24, 2.45) is 0 Å². The van der Waals surface area contributed by atoms with Crippen molar-refractivity contribution in [3.05, 3.63) is 82.8 Å². The number of aromatic nitrogens is 1.